The molecule has 1 aliphatic carbocycles. The third-order valence-corrected chi connectivity index (χ3v) is 3.48. The summed E-state index contributed by atoms with van der Waals surface area (Å²) in [5, 5.41) is 7.82. The molecule has 0 saturated heterocycles. The van der Waals surface area contributed by atoms with E-state index in [9.17, 15) is 4.39 Å². The predicted molar refractivity (Wildman–Crippen MR) is 72.9 cm³/mol. The summed E-state index contributed by atoms with van der Waals surface area (Å²) in [4.78, 5) is 0. The van der Waals surface area contributed by atoms with E-state index in [1.54, 1.807) is 6.07 Å². The van der Waals surface area contributed by atoms with Crippen LogP contribution in [0.25, 0.3) is 5.69 Å². The number of hydrogen-bond donors (Lipinski definition) is 1. The number of halogens is 1. The van der Waals surface area contributed by atoms with Crippen molar-refractivity contribution >= 4 is 0 Å². The van der Waals surface area contributed by atoms with E-state index in [-0.39, 0.29) is 5.82 Å². The topological polar surface area (TPSA) is 29.9 Å². The molecule has 2 aromatic rings. The minimum Gasteiger partial charge on any atom is -0.310 e. The lowest BCUT2D eigenvalue weighted by atomic mass is 10.1. The average molecular weight is 259 g/mol. The van der Waals surface area contributed by atoms with E-state index in [0.29, 0.717) is 18.2 Å². The molecule has 1 aliphatic rings. The Morgan fingerprint density at radius 3 is 2.79 bits per heavy atom. The van der Waals surface area contributed by atoms with Gasteiger partial charge in [0, 0.05) is 23.8 Å². The molecule has 0 spiro atoms. The third kappa shape index (κ3) is 2.54. The van der Waals surface area contributed by atoms with Crippen molar-refractivity contribution in [2.45, 2.75) is 39.3 Å². The summed E-state index contributed by atoms with van der Waals surface area (Å²) in [6, 6.07) is 7.74. The minimum absolute atomic E-state index is 0.168. The summed E-state index contributed by atoms with van der Waals surface area (Å²) < 4.78 is 15.9. The lowest BCUT2D eigenvalue weighted by Crippen LogP contribution is -2.18. The second-order valence-corrected chi connectivity index (χ2v) is 5.23. The Hall–Kier alpha value is -1.68. The standard InChI is InChI=1S/C15H18FN3/c1-10-8-11(2)19(18-10)15-5-3-4-14(16)13(15)9-17-12-6-7-12/h3-5,8,12,17H,6-7,9H2,1-2H3. The van der Waals surface area contributed by atoms with Crippen LogP contribution in [0.2, 0.25) is 0 Å². The van der Waals surface area contributed by atoms with Crippen LogP contribution >= 0.6 is 0 Å². The highest BCUT2D eigenvalue weighted by Crippen LogP contribution is 2.23. The van der Waals surface area contributed by atoms with Crippen LogP contribution < -0.4 is 5.32 Å². The van der Waals surface area contributed by atoms with Crippen molar-refractivity contribution in [1.82, 2.24) is 15.1 Å². The molecule has 4 heteroatoms. The minimum atomic E-state index is -0.168. The summed E-state index contributed by atoms with van der Waals surface area (Å²) in [6.07, 6.45) is 2.40. The van der Waals surface area contributed by atoms with E-state index < -0.39 is 0 Å². The molecule has 0 radical (unpaired) electrons. The van der Waals surface area contributed by atoms with Crippen LogP contribution in [0.15, 0.2) is 24.3 Å². The van der Waals surface area contributed by atoms with Crippen molar-refractivity contribution in [3.63, 3.8) is 0 Å². The predicted octanol–water partition coefficient (Wildman–Crippen LogP) is 2.88. The van der Waals surface area contributed by atoms with Gasteiger partial charge in [-0.25, -0.2) is 9.07 Å². The normalized spacial score (nSPS) is 14.9. The molecular weight excluding hydrogens is 241 g/mol. The first kappa shape index (κ1) is 12.4. The van der Waals surface area contributed by atoms with E-state index in [2.05, 4.69) is 10.4 Å². The van der Waals surface area contributed by atoms with Gasteiger partial charge in [0.15, 0.2) is 0 Å². The lowest BCUT2D eigenvalue weighted by molar-refractivity contribution is 0.582. The fraction of sp³-hybridized carbons (Fsp3) is 0.400. The highest BCUT2D eigenvalue weighted by atomic mass is 19.1. The molecule has 100 valence electrons. The Labute approximate surface area is 112 Å². The molecule has 3 rings (SSSR count). The molecule has 0 atom stereocenters. The van der Waals surface area contributed by atoms with Gasteiger partial charge >= 0.3 is 0 Å². The second kappa shape index (κ2) is 4.78. The second-order valence-electron chi connectivity index (χ2n) is 5.23. The van der Waals surface area contributed by atoms with Crippen LogP contribution in [0.4, 0.5) is 4.39 Å². The van der Waals surface area contributed by atoms with Gasteiger partial charge < -0.3 is 5.32 Å². The summed E-state index contributed by atoms with van der Waals surface area (Å²) in [6.45, 7) is 4.50. The van der Waals surface area contributed by atoms with Gasteiger partial charge in [0.2, 0.25) is 0 Å². The number of rotatable bonds is 4. The molecule has 1 saturated carbocycles. The van der Waals surface area contributed by atoms with Crippen LogP contribution in [0.5, 0.6) is 0 Å². The third-order valence-electron chi connectivity index (χ3n) is 3.48. The van der Waals surface area contributed by atoms with Gasteiger partial charge in [0.1, 0.15) is 5.82 Å². The molecule has 1 heterocycles. The maximum absolute atomic E-state index is 14.1. The highest BCUT2D eigenvalue weighted by Gasteiger charge is 2.22. The number of hydrogen-bond acceptors (Lipinski definition) is 2. The SMILES string of the molecule is Cc1cc(C)n(-c2cccc(F)c2CNC2CC2)n1. The lowest BCUT2D eigenvalue weighted by Gasteiger charge is -2.12. The molecule has 1 fully saturated rings. The number of aromatic nitrogens is 2. The summed E-state index contributed by atoms with van der Waals surface area (Å²) in [7, 11) is 0. The van der Waals surface area contributed by atoms with E-state index in [0.717, 1.165) is 17.1 Å². The molecular formula is C15H18FN3. The molecule has 0 amide bonds. The maximum Gasteiger partial charge on any atom is 0.129 e. The van der Waals surface area contributed by atoms with Crippen molar-refractivity contribution in [1.29, 1.82) is 0 Å². The largest absolute Gasteiger partial charge is 0.310 e. The molecule has 3 nitrogen and oxygen atoms in total. The molecule has 0 bridgehead atoms. The Morgan fingerprint density at radius 1 is 1.37 bits per heavy atom. The molecule has 1 N–H and O–H groups in total. The highest BCUT2D eigenvalue weighted by molar-refractivity contribution is 5.42. The van der Waals surface area contributed by atoms with Crippen molar-refractivity contribution in [3.8, 4) is 5.69 Å². The zero-order valence-corrected chi connectivity index (χ0v) is 11.3. The molecule has 0 unspecified atom stereocenters. The van der Waals surface area contributed by atoms with Gasteiger partial charge in [0.05, 0.1) is 11.4 Å². The van der Waals surface area contributed by atoms with Crippen LogP contribution in [-0.2, 0) is 6.54 Å². The van der Waals surface area contributed by atoms with Gasteiger partial charge in [-0.1, -0.05) is 6.07 Å². The van der Waals surface area contributed by atoms with Gasteiger partial charge in [0.25, 0.3) is 0 Å². The Bertz CT molecular complexity index is 599. The Morgan fingerprint density at radius 2 is 2.16 bits per heavy atom. The quantitative estimate of drug-likeness (QED) is 0.915. The van der Waals surface area contributed by atoms with E-state index in [1.807, 2.05) is 30.7 Å². The van der Waals surface area contributed by atoms with Crippen molar-refractivity contribution in [3.05, 3.63) is 47.0 Å². The van der Waals surface area contributed by atoms with Crippen molar-refractivity contribution < 1.29 is 4.39 Å². The molecule has 1 aromatic heterocycles. The maximum atomic E-state index is 14.1. The Kier molecular flexibility index (Phi) is 3.11. The van der Waals surface area contributed by atoms with Gasteiger partial charge in [-0.3, -0.25) is 0 Å². The van der Waals surface area contributed by atoms with Crippen LogP contribution in [-0.4, -0.2) is 15.8 Å². The first-order valence-electron chi connectivity index (χ1n) is 6.69. The summed E-state index contributed by atoms with van der Waals surface area (Å²) in [5.74, 6) is -0.168. The van der Waals surface area contributed by atoms with Gasteiger partial charge in [-0.05, 0) is 44.9 Å². The average Bonchev–Trinajstić information content (AvgIpc) is 3.12. The fourth-order valence-corrected chi connectivity index (χ4v) is 2.33. The smallest absolute Gasteiger partial charge is 0.129 e. The number of aryl methyl sites for hydroxylation is 2. The van der Waals surface area contributed by atoms with Gasteiger partial charge in [-0.15, -0.1) is 0 Å². The first-order chi connectivity index (χ1) is 9.15. The number of nitrogens with one attached hydrogen (secondary N) is 1. The van der Waals surface area contributed by atoms with E-state index in [1.165, 1.54) is 18.9 Å². The first-order valence-corrected chi connectivity index (χ1v) is 6.69. The molecule has 1 aromatic carbocycles. The summed E-state index contributed by atoms with van der Waals surface area (Å²) in [5.41, 5.74) is 3.50. The Balaban J connectivity index is 1.99. The number of nitrogens with zero attached hydrogens (tertiary/aromatic N) is 2. The van der Waals surface area contributed by atoms with Crippen molar-refractivity contribution in [2.75, 3.05) is 0 Å². The van der Waals surface area contributed by atoms with E-state index >= 15 is 0 Å². The van der Waals surface area contributed by atoms with Crippen LogP contribution in [0, 0.1) is 19.7 Å². The number of benzene rings is 1. The fourth-order valence-electron chi connectivity index (χ4n) is 2.33. The van der Waals surface area contributed by atoms with Gasteiger partial charge in [-0.2, -0.15) is 5.10 Å². The van der Waals surface area contributed by atoms with Crippen LogP contribution in [0.3, 0.4) is 0 Å². The summed E-state index contributed by atoms with van der Waals surface area (Å²) >= 11 is 0. The van der Waals surface area contributed by atoms with E-state index in [4.69, 9.17) is 0 Å². The molecule has 19 heavy (non-hydrogen) atoms. The zero-order chi connectivity index (χ0) is 13.4. The van der Waals surface area contributed by atoms with Crippen LogP contribution in [0.1, 0.15) is 29.8 Å². The monoisotopic (exact) mass is 259 g/mol. The van der Waals surface area contributed by atoms with Crippen molar-refractivity contribution in [2.24, 2.45) is 0 Å². The molecule has 0 aliphatic heterocycles. The zero-order valence-electron chi connectivity index (χ0n) is 11.3.